The Morgan fingerprint density at radius 3 is 2.00 bits per heavy atom. The maximum atomic E-state index is 12.6. The quantitative estimate of drug-likeness (QED) is 0.602. The third-order valence-electron chi connectivity index (χ3n) is 4.77. The van der Waals surface area contributed by atoms with Gasteiger partial charge in [0, 0.05) is 0 Å². The van der Waals surface area contributed by atoms with E-state index < -0.39 is 0 Å². The molecule has 0 heterocycles. The van der Waals surface area contributed by atoms with Crippen molar-refractivity contribution in [3.8, 4) is 5.75 Å². The molecule has 3 rings (SSSR count). The fourth-order valence-corrected chi connectivity index (χ4v) is 3.06. The highest BCUT2D eigenvalue weighted by atomic mass is 16.5. The second-order valence-corrected chi connectivity index (χ2v) is 7.33. The van der Waals surface area contributed by atoms with Gasteiger partial charge in [0.15, 0.2) is 6.61 Å². The molecule has 0 fully saturated rings. The fourth-order valence-electron chi connectivity index (χ4n) is 3.06. The van der Waals surface area contributed by atoms with Crippen molar-refractivity contribution in [2.45, 2.75) is 32.7 Å². The fraction of sp³-hybridized carbons (Fsp3) is 0.240. The van der Waals surface area contributed by atoms with Gasteiger partial charge in [-0.3, -0.25) is 4.79 Å². The van der Waals surface area contributed by atoms with Gasteiger partial charge in [-0.15, -0.1) is 0 Å². The van der Waals surface area contributed by atoms with Gasteiger partial charge in [0.1, 0.15) is 5.75 Å². The third kappa shape index (κ3) is 5.23. The Morgan fingerprint density at radius 2 is 1.39 bits per heavy atom. The molecule has 0 spiro atoms. The van der Waals surface area contributed by atoms with Gasteiger partial charge in [-0.25, -0.2) is 0 Å². The van der Waals surface area contributed by atoms with Crippen molar-refractivity contribution in [1.29, 1.82) is 0 Å². The minimum absolute atomic E-state index is 0.0176. The highest BCUT2D eigenvalue weighted by molar-refractivity contribution is 5.78. The largest absolute Gasteiger partial charge is 0.484 e. The summed E-state index contributed by atoms with van der Waals surface area (Å²) in [6.07, 6.45) is 0. The molecule has 0 unspecified atom stereocenters. The summed E-state index contributed by atoms with van der Waals surface area (Å²) in [6, 6.07) is 25.9. The molecule has 0 saturated heterocycles. The van der Waals surface area contributed by atoms with E-state index in [4.69, 9.17) is 4.74 Å². The molecule has 3 aromatic carbocycles. The molecular formula is C25H27NO2. The maximum absolute atomic E-state index is 12.6. The van der Waals surface area contributed by atoms with E-state index in [1.807, 2.05) is 54.6 Å². The molecule has 144 valence electrons. The Morgan fingerprint density at radius 1 is 0.821 bits per heavy atom. The van der Waals surface area contributed by atoms with Gasteiger partial charge < -0.3 is 10.1 Å². The number of aryl methyl sites for hydroxylation is 1. The molecular weight excluding hydrogens is 346 g/mol. The van der Waals surface area contributed by atoms with Gasteiger partial charge in [0.05, 0.1) is 6.04 Å². The number of ether oxygens (including phenoxy) is 1. The normalized spacial score (nSPS) is 11.9. The van der Waals surface area contributed by atoms with E-state index in [1.54, 1.807) is 0 Å². The molecule has 0 aliphatic heterocycles. The summed E-state index contributed by atoms with van der Waals surface area (Å²) in [6.45, 7) is 6.34. The third-order valence-corrected chi connectivity index (χ3v) is 4.77. The van der Waals surface area contributed by atoms with Crippen LogP contribution in [-0.4, -0.2) is 12.5 Å². The number of amides is 1. The van der Waals surface area contributed by atoms with Crippen molar-refractivity contribution in [1.82, 2.24) is 5.32 Å². The monoisotopic (exact) mass is 373 g/mol. The molecule has 1 atom stereocenters. The predicted molar refractivity (Wildman–Crippen MR) is 114 cm³/mol. The van der Waals surface area contributed by atoms with E-state index in [1.165, 1.54) is 11.1 Å². The summed E-state index contributed by atoms with van der Waals surface area (Å²) in [7, 11) is 0. The number of hydrogen-bond donors (Lipinski definition) is 1. The van der Waals surface area contributed by atoms with Crippen LogP contribution in [0.5, 0.6) is 5.75 Å². The lowest BCUT2D eigenvalue weighted by Gasteiger charge is -2.20. The molecule has 0 aliphatic rings. The summed E-state index contributed by atoms with van der Waals surface area (Å²) in [5.41, 5.74) is 4.53. The van der Waals surface area contributed by atoms with Gasteiger partial charge in [-0.05, 0) is 41.7 Å². The Kier molecular flexibility index (Phi) is 6.49. The van der Waals surface area contributed by atoms with Gasteiger partial charge in [0.25, 0.3) is 5.91 Å². The molecule has 3 aromatic rings. The summed E-state index contributed by atoms with van der Waals surface area (Å²) >= 11 is 0. The predicted octanol–water partition coefficient (Wildman–Crippen LogP) is 5.40. The van der Waals surface area contributed by atoms with Gasteiger partial charge >= 0.3 is 0 Å². The van der Waals surface area contributed by atoms with E-state index in [-0.39, 0.29) is 18.6 Å². The van der Waals surface area contributed by atoms with Gasteiger partial charge in [-0.2, -0.15) is 0 Å². The number of carbonyl (C=O) groups is 1. The van der Waals surface area contributed by atoms with Crippen LogP contribution in [0.2, 0.25) is 0 Å². The average Bonchev–Trinajstić information content (AvgIpc) is 2.72. The number of carbonyl (C=O) groups excluding carboxylic acids is 1. The van der Waals surface area contributed by atoms with Crippen molar-refractivity contribution in [3.05, 3.63) is 101 Å². The van der Waals surface area contributed by atoms with Crippen molar-refractivity contribution in [2.75, 3.05) is 6.61 Å². The van der Waals surface area contributed by atoms with Crippen LogP contribution < -0.4 is 10.1 Å². The van der Waals surface area contributed by atoms with Crippen LogP contribution in [0, 0.1) is 6.92 Å². The molecule has 0 radical (unpaired) electrons. The number of benzene rings is 3. The minimum atomic E-state index is -0.207. The Bertz CT molecular complexity index is 884. The van der Waals surface area contributed by atoms with Crippen LogP contribution in [0.4, 0.5) is 0 Å². The molecule has 0 bridgehead atoms. The van der Waals surface area contributed by atoms with Gasteiger partial charge in [0.2, 0.25) is 0 Å². The van der Waals surface area contributed by atoms with E-state index in [0.717, 1.165) is 11.1 Å². The zero-order valence-electron chi connectivity index (χ0n) is 16.7. The first-order chi connectivity index (χ1) is 13.5. The highest BCUT2D eigenvalue weighted by Crippen LogP contribution is 2.23. The van der Waals surface area contributed by atoms with Crippen molar-refractivity contribution in [3.63, 3.8) is 0 Å². The lowest BCUT2D eigenvalue weighted by molar-refractivity contribution is -0.123. The Labute approximate surface area is 167 Å². The lowest BCUT2D eigenvalue weighted by atomic mass is 9.98. The number of nitrogens with one attached hydrogen (secondary N) is 1. The number of rotatable bonds is 7. The van der Waals surface area contributed by atoms with Crippen molar-refractivity contribution < 1.29 is 9.53 Å². The average molecular weight is 373 g/mol. The SMILES string of the molecule is Cc1ccc([C@H](NC(=O)COc2ccc(C(C)C)cc2)c2ccccc2)cc1. The summed E-state index contributed by atoms with van der Waals surface area (Å²) in [5, 5.41) is 3.10. The minimum Gasteiger partial charge on any atom is -0.484 e. The van der Waals surface area contributed by atoms with Crippen LogP contribution in [-0.2, 0) is 4.79 Å². The first kappa shape index (κ1) is 19.7. The molecule has 28 heavy (non-hydrogen) atoms. The van der Waals surface area contributed by atoms with Crippen molar-refractivity contribution >= 4 is 5.91 Å². The highest BCUT2D eigenvalue weighted by Gasteiger charge is 2.17. The first-order valence-corrected chi connectivity index (χ1v) is 9.66. The second-order valence-electron chi connectivity index (χ2n) is 7.33. The Balaban J connectivity index is 1.68. The zero-order chi connectivity index (χ0) is 19.9. The summed E-state index contributed by atoms with van der Waals surface area (Å²) in [4.78, 5) is 12.6. The van der Waals surface area contributed by atoms with Crippen LogP contribution >= 0.6 is 0 Å². The Hall–Kier alpha value is -3.07. The summed E-state index contributed by atoms with van der Waals surface area (Å²) in [5.74, 6) is 1.02. The topological polar surface area (TPSA) is 38.3 Å². The molecule has 1 N–H and O–H groups in total. The van der Waals surface area contributed by atoms with Crippen LogP contribution in [0.1, 0.15) is 48.1 Å². The second kappa shape index (κ2) is 9.23. The summed E-state index contributed by atoms with van der Waals surface area (Å²) < 4.78 is 5.68. The molecule has 0 aliphatic carbocycles. The smallest absolute Gasteiger partial charge is 0.258 e. The molecule has 3 nitrogen and oxygen atoms in total. The maximum Gasteiger partial charge on any atom is 0.258 e. The lowest BCUT2D eigenvalue weighted by Crippen LogP contribution is -2.33. The molecule has 0 aromatic heterocycles. The zero-order valence-corrected chi connectivity index (χ0v) is 16.7. The van der Waals surface area contributed by atoms with Crippen molar-refractivity contribution in [2.24, 2.45) is 0 Å². The molecule has 0 saturated carbocycles. The van der Waals surface area contributed by atoms with E-state index in [0.29, 0.717) is 11.7 Å². The molecule has 3 heteroatoms. The van der Waals surface area contributed by atoms with E-state index in [2.05, 4.69) is 50.4 Å². The van der Waals surface area contributed by atoms with Crippen LogP contribution in [0.3, 0.4) is 0 Å². The van der Waals surface area contributed by atoms with Gasteiger partial charge in [-0.1, -0.05) is 86.1 Å². The number of hydrogen-bond acceptors (Lipinski definition) is 2. The van der Waals surface area contributed by atoms with E-state index >= 15 is 0 Å². The van der Waals surface area contributed by atoms with E-state index in [9.17, 15) is 4.79 Å². The van der Waals surface area contributed by atoms with Crippen LogP contribution in [0.25, 0.3) is 0 Å². The van der Waals surface area contributed by atoms with Crippen LogP contribution in [0.15, 0.2) is 78.9 Å². The first-order valence-electron chi connectivity index (χ1n) is 9.66. The molecule has 1 amide bonds. The standard InChI is InChI=1S/C25H27NO2/c1-18(2)20-13-15-23(16-14-20)28-17-24(27)26-25(21-7-5-4-6-8-21)22-11-9-19(3)10-12-22/h4-16,18,25H,17H2,1-3H3,(H,26,27)/t25-/m1/s1.